The molecule has 22 heavy (non-hydrogen) atoms. The predicted octanol–water partition coefficient (Wildman–Crippen LogP) is 2.37. The van der Waals surface area contributed by atoms with Gasteiger partial charge in [0.15, 0.2) is 0 Å². The van der Waals surface area contributed by atoms with E-state index in [1.54, 1.807) is 24.4 Å². The van der Waals surface area contributed by atoms with Gasteiger partial charge in [0.05, 0.1) is 10.7 Å². The van der Waals surface area contributed by atoms with E-state index in [0.717, 1.165) is 24.9 Å². The molecule has 1 aliphatic rings. The summed E-state index contributed by atoms with van der Waals surface area (Å²) in [6.07, 6.45) is 2.40. The van der Waals surface area contributed by atoms with Crippen LogP contribution in [0, 0.1) is 11.8 Å². The fourth-order valence-electron chi connectivity index (χ4n) is 2.93. The van der Waals surface area contributed by atoms with Crippen LogP contribution in [0.2, 0.25) is 5.02 Å². The van der Waals surface area contributed by atoms with Crippen molar-refractivity contribution >= 4 is 34.0 Å². The van der Waals surface area contributed by atoms with Crippen LogP contribution in [0.4, 0.5) is 5.69 Å². The van der Waals surface area contributed by atoms with Crippen molar-refractivity contribution in [3.8, 4) is 0 Å². The molecular weight excluding hydrogens is 302 g/mol. The first-order valence-electron chi connectivity index (χ1n) is 7.39. The lowest BCUT2D eigenvalue weighted by Gasteiger charge is -2.28. The number of nitrogens with one attached hydrogen (secondary N) is 3. The number of halogens is 1. The van der Waals surface area contributed by atoms with Crippen molar-refractivity contribution in [2.45, 2.75) is 13.3 Å². The van der Waals surface area contributed by atoms with Gasteiger partial charge in [-0.3, -0.25) is 9.59 Å². The summed E-state index contributed by atoms with van der Waals surface area (Å²) in [5.74, 6) is 0.253. The van der Waals surface area contributed by atoms with E-state index in [1.165, 1.54) is 0 Å². The third kappa shape index (κ3) is 2.87. The highest BCUT2D eigenvalue weighted by Gasteiger charge is 2.28. The van der Waals surface area contributed by atoms with Gasteiger partial charge in [0.1, 0.15) is 0 Å². The first-order chi connectivity index (χ1) is 10.6. The standard InChI is InChI=1S/C16H18ClN3O2/c1-9-8-18-4-3-11(9)16(22)20-14-6-10-2-5-19-15(21)12(10)7-13(14)17/h2,5-7,9,11,18H,3-4,8H2,1H3,(H,19,21)(H,20,22)/t9-,11+/m1/s1. The Balaban J connectivity index is 1.88. The third-order valence-electron chi connectivity index (χ3n) is 4.24. The highest BCUT2D eigenvalue weighted by Crippen LogP contribution is 2.28. The molecule has 3 rings (SSSR count). The Morgan fingerprint density at radius 1 is 1.41 bits per heavy atom. The Labute approximate surface area is 133 Å². The normalized spacial score (nSPS) is 21.7. The van der Waals surface area contributed by atoms with Gasteiger partial charge in [0.2, 0.25) is 5.91 Å². The van der Waals surface area contributed by atoms with Crippen molar-refractivity contribution in [1.82, 2.24) is 10.3 Å². The average Bonchev–Trinajstić information content (AvgIpc) is 2.49. The quantitative estimate of drug-likeness (QED) is 0.795. The molecule has 1 amide bonds. The minimum absolute atomic E-state index is 0.0138. The van der Waals surface area contributed by atoms with Crippen LogP contribution in [-0.4, -0.2) is 24.0 Å². The van der Waals surface area contributed by atoms with Crippen LogP contribution in [0.15, 0.2) is 29.2 Å². The first-order valence-corrected chi connectivity index (χ1v) is 7.76. The van der Waals surface area contributed by atoms with Gasteiger partial charge in [0, 0.05) is 17.5 Å². The number of carbonyl (C=O) groups is 1. The fourth-order valence-corrected chi connectivity index (χ4v) is 3.15. The van der Waals surface area contributed by atoms with E-state index < -0.39 is 0 Å². The number of amides is 1. The number of rotatable bonds is 2. The van der Waals surface area contributed by atoms with Crippen molar-refractivity contribution < 1.29 is 4.79 Å². The number of hydrogen-bond acceptors (Lipinski definition) is 3. The molecular formula is C16H18ClN3O2. The Morgan fingerprint density at radius 3 is 3.00 bits per heavy atom. The number of H-pyrrole nitrogens is 1. The van der Waals surface area contributed by atoms with E-state index in [-0.39, 0.29) is 23.3 Å². The number of benzene rings is 1. The van der Waals surface area contributed by atoms with Gasteiger partial charge in [-0.05, 0) is 49.0 Å². The summed E-state index contributed by atoms with van der Waals surface area (Å²) in [6, 6.07) is 5.13. The second-order valence-corrected chi connectivity index (χ2v) is 6.20. The number of hydrogen-bond donors (Lipinski definition) is 3. The van der Waals surface area contributed by atoms with Gasteiger partial charge in [-0.1, -0.05) is 18.5 Å². The lowest BCUT2D eigenvalue weighted by atomic mass is 9.87. The SMILES string of the molecule is C[C@@H]1CNCC[C@@H]1C(=O)Nc1cc2cc[nH]c(=O)c2cc1Cl. The average molecular weight is 320 g/mol. The molecule has 2 heterocycles. The van der Waals surface area contributed by atoms with Gasteiger partial charge in [-0.15, -0.1) is 0 Å². The van der Waals surface area contributed by atoms with Gasteiger partial charge in [-0.2, -0.15) is 0 Å². The van der Waals surface area contributed by atoms with Gasteiger partial charge in [-0.25, -0.2) is 0 Å². The molecule has 0 saturated carbocycles. The lowest BCUT2D eigenvalue weighted by Crippen LogP contribution is -2.40. The number of carbonyl (C=O) groups excluding carboxylic acids is 1. The summed E-state index contributed by atoms with van der Waals surface area (Å²) in [6.45, 7) is 3.76. The van der Waals surface area contributed by atoms with Gasteiger partial charge >= 0.3 is 0 Å². The molecule has 0 unspecified atom stereocenters. The minimum Gasteiger partial charge on any atom is -0.329 e. The molecule has 6 heteroatoms. The number of piperidine rings is 1. The van der Waals surface area contributed by atoms with E-state index in [4.69, 9.17) is 11.6 Å². The maximum Gasteiger partial charge on any atom is 0.255 e. The maximum atomic E-state index is 12.5. The molecule has 1 saturated heterocycles. The van der Waals surface area contributed by atoms with Crippen LogP contribution in [0.1, 0.15) is 13.3 Å². The molecule has 116 valence electrons. The van der Waals surface area contributed by atoms with Crippen molar-refractivity contribution in [2.75, 3.05) is 18.4 Å². The molecule has 0 bridgehead atoms. The molecule has 1 fully saturated rings. The van der Waals surface area contributed by atoms with Crippen LogP contribution in [-0.2, 0) is 4.79 Å². The van der Waals surface area contributed by atoms with E-state index in [1.807, 2.05) is 0 Å². The molecule has 2 aromatic rings. The largest absolute Gasteiger partial charge is 0.329 e. The van der Waals surface area contributed by atoms with Gasteiger partial charge in [0.25, 0.3) is 5.56 Å². The molecule has 0 aliphatic carbocycles. The van der Waals surface area contributed by atoms with Crippen LogP contribution in [0.25, 0.3) is 10.8 Å². The molecule has 0 spiro atoms. The van der Waals surface area contributed by atoms with Crippen molar-refractivity contribution in [1.29, 1.82) is 0 Å². The van der Waals surface area contributed by atoms with Crippen molar-refractivity contribution in [2.24, 2.45) is 11.8 Å². The second-order valence-electron chi connectivity index (χ2n) is 5.79. The Morgan fingerprint density at radius 2 is 2.23 bits per heavy atom. The second kappa shape index (κ2) is 6.10. The fraction of sp³-hybridized carbons (Fsp3) is 0.375. The van der Waals surface area contributed by atoms with E-state index >= 15 is 0 Å². The molecule has 1 aliphatic heterocycles. The zero-order valence-corrected chi connectivity index (χ0v) is 13.0. The Kier molecular flexibility index (Phi) is 4.18. The Hall–Kier alpha value is -1.85. The van der Waals surface area contributed by atoms with E-state index in [0.29, 0.717) is 16.1 Å². The molecule has 1 aromatic heterocycles. The first kappa shape index (κ1) is 15.1. The van der Waals surface area contributed by atoms with Crippen LogP contribution in [0.3, 0.4) is 0 Å². The summed E-state index contributed by atoms with van der Waals surface area (Å²) >= 11 is 6.21. The van der Waals surface area contributed by atoms with Crippen molar-refractivity contribution in [3.05, 3.63) is 39.8 Å². The molecule has 0 radical (unpaired) electrons. The van der Waals surface area contributed by atoms with Crippen LogP contribution >= 0.6 is 11.6 Å². The van der Waals surface area contributed by atoms with Gasteiger partial charge < -0.3 is 15.6 Å². The van der Waals surface area contributed by atoms with Crippen LogP contribution < -0.4 is 16.2 Å². The lowest BCUT2D eigenvalue weighted by molar-refractivity contribution is -0.122. The summed E-state index contributed by atoms with van der Waals surface area (Å²) < 4.78 is 0. The Bertz CT molecular complexity index is 772. The van der Waals surface area contributed by atoms with E-state index in [2.05, 4.69) is 22.5 Å². The topological polar surface area (TPSA) is 74.0 Å². The summed E-state index contributed by atoms with van der Waals surface area (Å²) in [5, 5.41) is 7.83. The molecule has 2 atom stereocenters. The zero-order valence-electron chi connectivity index (χ0n) is 12.3. The molecule has 5 nitrogen and oxygen atoms in total. The smallest absolute Gasteiger partial charge is 0.255 e. The molecule has 3 N–H and O–H groups in total. The number of aromatic amines is 1. The molecule has 1 aromatic carbocycles. The minimum atomic E-state index is -0.191. The zero-order chi connectivity index (χ0) is 15.7. The van der Waals surface area contributed by atoms with Crippen molar-refractivity contribution in [3.63, 3.8) is 0 Å². The number of aromatic nitrogens is 1. The summed E-state index contributed by atoms with van der Waals surface area (Å²) in [7, 11) is 0. The maximum absolute atomic E-state index is 12.5. The monoisotopic (exact) mass is 319 g/mol. The predicted molar refractivity (Wildman–Crippen MR) is 88.3 cm³/mol. The summed E-state index contributed by atoms with van der Waals surface area (Å²) in [4.78, 5) is 26.8. The van der Waals surface area contributed by atoms with Crippen LogP contribution in [0.5, 0.6) is 0 Å². The van der Waals surface area contributed by atoms with E-state index in [9.17, 15) is 9.59 Å². The highest BCUT2D eigenvalue weighted by molar-refractivity contribution is 6.34. The third-order valence-corrected chi connectivity index (χ3v) is 4.55. The number of pyridine rings is 1. The highest BCUT2D eigenvalue weighted by atomic mass is 35.5. The number of anilines is 1. The number of fused-ring (bicyclic) bond motifs is 1. The summed E-state index contributed by atoms with van der Waals surface area (Å²) in [5.41, 5.74) is 0.361.